The molecule has 1 aliphatic rings. The number of hydrogen-bond acceptors (Lipinski definition) is 4. The lowest BCUT2D eigenvalue weighted by Crippen LogP contribution is -2.11. The van der Waals surface area contributed by atoms with Gasteiger partial charge in [-0.3, -0.25) is 0 Å². The average Bonchev–Trinajstić information content (AvgIpc) is 2.61. The molecule has 0 bridgehead atoms. The molecule has 0 saturated carbocycles. The minimum atomic E-state index is -0.959. The van der Waals surface area contributed by atoms with Gasteiger partial charge in [-0.05, 0) is 12.1 Å². The minimum absolute atomic E-state index is 0.0725. The average molecular weight is 222 g/mol. The molecule has 76 valence electrons. The monoisotopic (exact) mass is 222 g/mol. The zero-order valence-electron chi connectivity index (χ0n) is 7.52. The van der Waals surface area contributed by atoms with E-state index < -0.39 is 5.97 Å². The number of rotatable bonds is 1. The van der Waals surface area contributed by atoms with Crippen LogP contribution >= 0.6 is 11.3 Å². The zero-order chi connectivity index (χ0) is 10.4. The van der Waals surface area contributed by atoms with Gasteiger partial charge in [0.1, 0.15) is 5.75 Å². The lowest BCUT2D eigenvalue weighted by atomic mass is 10.2. The normalized spacial score (nSPS) is 13.3. The van der Waals surface area contributed by atoms with Crippen LogP contribution in [-0.2, 0) is 0 Å². The van der Waals surface area contributed by atoms with Crippen molar-refractivity contribution in [3.8, 4) is 11.5 Å². The van der Waals surface area contributed by atoms with Gasteiger partial charge >= 0.3 is 5.97 Å². The molecule has 15 heavy (non-hydrogen) atoms. The summed E-state index contributed by atoms with van der Waals surface area (Å²) in [6, 6.07) is 5.51. The fourth-order valence-corrected chi connectivity index (χ4v) is 2.64. The Hall–Kier alpha value is -1.75. The van der Waals surface area contributed by atoms with Gasteiger partial charge in [0.25, 0.3) is 0 Å². The van der Waals surface area contributed by atoms with Crippen molar-refractivity contribution < 1.29 is 19.4 Å². The predicted molar refractivity (Wildman–Crippen MR) is 54.9 cm³/mol. The molecule has 0 fully saturated rings. The van der Waals surface area contributed by atoms with Crippen LogP contribution in [0.3, 0.4) is 0 Å². The third-order valence-corrected chi connectivity index (χ3v) is 3.37. The van der Waals surface area contributed by atoms with E-state index in [-0.39, 0.29) is 11.7 Å². The summed E-state index contributed by atoms with van der Waals surface area (Å²) < 4.78 is 11.4. The highest BCUT2D eigenvalue weighted by atomic mass is 32.1. The van der Waals surface area contributed by atoms with Crippen LogP contribution in [0.1, 0.15) is 9.67 Å². The van der Waals surface area contributed by atoms with Crippen molar-refractivity contribution in [1.29, 1.82) is 0 Å². The van der Waals surface area contributed by atoms with Gasteiger partial charge in [-0.25, -0.2) is 4.79 Å². The topological polar surface area (TPSA) is 55.8 Å². The Labute approximate surface area is 88.7 Å². The Morgan fingerprint density at radius 1 is 1.40 bits per heavy atom. The maximum Gasteiger partial charge on any atom is 0.349 e. The highest BCUT2D eigenvalue weighted by Crippen LogP contribution is 2.44. The van der Waals surface area contributed by atoms with Gasteiger partial charge < -0.3 is 14.6 Å². The first kappa shape index (κ1) is 8.55. The summed E-state index contributed by atoms with van der Waals surface area (Å²) >= 11 is 1.21. The first-order chi connectivity index (χ1) is 7.27. The summed E-state index contributed by atoms with van der Waals surface area (Å²) in [6.07, 6.45) is 0. The SMILES string of the molecule is O=C(O)c1sc2cccc3c2c1OCO3. The molecule has 0 unspecified atom stereocenters. The number of hydrogen-bond donors (Lipinski definition) is 1. The van der Waals surface area contributed by atoms with E-state index in [1.54, 1.807) is 0 Å². The number of carboxylic acid groups (broad SMARTS) is 1. The Bertz CT molecular complexity index is 558. The molecule has 2 aromatic rings. The van der Waals surface area contributed by atoms with Crippen LogP contribution in [0.5, 0.6) is 11.5 Å². The van der Waals surface area contributed by atoms with Crippen LogP contribution in [0.15, 0.2) is 18.2 Å². The van der Waals surface area contributed by atoms with Crippen molar-refractivity contribution in [3.63, 3.8) is 0 Å². The van der Waals surface area contributed by atoms with Crippen molar-refractivity contribution in [2.24, 2.45) is 0 Å². The van der Waals surface area contributed by atoms with E-state index in [1.807, 2.05) is 18.2 Å². The second-order valence-electron chi connectivity index (χ2n) is 3.10. The number of thiophene rings is 1. The Kier molecular flexibility index (Phi) is 1.63. The van der Waals surface area contributed by atoms with Crippen molar-refractivity contribution >= 4 is 27.4 Å². The Morgan fingerprint density at radius 3 is 3.07 bits per heavy atom. The molecule has 3 rings (SSSR count). The summed E-state index contributed by atoms with van der Waals surface area (Å²) in [5.74, 6) is 0.168. The summed E-state index contributed by atoms with van der Waals surface area (Å²) in [6.45, 7) is 0.0725. The van der Waals surface area contributed by atoms with E-state index in [4.69, 9.17) is 14.6 Å². The second-order valence-corrected chi connectivity index (χ2v) is 4.15. The van der Waals surface area contributed by atoms with Crippen molar-refractivity contribution in [3.05, 3.63) is 23.1 Å². The number of carboxylic acids is 1. The van der Waals surface area contributed by atoms with Gasteiger partial charge in [-0.15, -0.1) is 11.3 Å². The summed E-state index contributed by atoms with van der Waals surface area (Å²) in [4.78, 5) is 11.2. The van der Waals surface area contributed by atoms with Crippen molar-refractivity contribution in [2.75, 3.05) is 6.79 Å². The quantitative estimate of drug-likeness (QED) is 0.804. The number of carbonyl (C=O) groups is 1. The molecule has 5 heteroatoms. The largest absolute Gasteiger partial charge is 0.477 e. The van der Waals surface area contributed by atoms with Crippen LogP contribution in [0.25, 0.3) is 10.1 Å². The third-order valence-electron chi connectivity index (χ3n) is 2.25. The lowest BCUT2D eigenvalue weighted by molar-refractivity contribution is 0.0686. The van der Waals surface area contributed by atoms with Crippen molar-refractivity contribution in [1.82, 2.24) is 0 Å². The first-order valence-electron chi connectivity index (χ1n) is 4.32. The molecule has 0 saturated heterocycles. The molecular weight excluding hydrogens is 216 g/mol. The fourth-order valence-electron chi connectivity index (χ4n) is 1.64. The number of aromatic carboxylic acids is 1. The van der Waals surface area contributed by atoms with E-state index >= 15 is 0 Å². The van der Waals surface area contributed by atoms with Gasteiger partial charge in [-0.2, -0.15) is 0 Å². The zero-order valence-corrected chi connectivity index (χ0v) is 8.34. The number of benzene rings is 1. The molecule has 0 spiro atoms. The molecule has 1 aromatic heterocycles. The molecule has 4 nitrogen and oxygen atoms in total. The fraction of sp³-hybridized carbons (Fsp3) is 0.100. The van der Waals surface area contributed by atoms with E-state index in [1.165, 1.54) is 11.3 Å². The highest BCUT2D eigenvalue weighted by Gasteiger charge is 2.24. The van der Waals surface area contributed by atoms with Crippen LogP contribution in [0.4, 0.5) is 0 Å². The Balaban J connectivity index is 2.43. The second kappa shape index (κ2) is 2.87. The summed E-state index contributed by atoms with van der Waals surface area (Å²) in [7, 11) is 0. The molecular formula is C10H6O4S. The van der Waals surface area contributed by atoms with Crippen LogP contribution in [-0.4, -0.2) is 17.9 Å². The van der Waals surface area contributed by atoms with E-state index in [2.05, 4.69) is 0 Å². The van der Waals surface area contributed by atoms with Gasteiger partial charge in [0.2, 0.25) is 6.79 Å². The summed E-state index contributed by atoms with van der Waals surface area (Å²) in [5, 5.41) is 9.77. The van der Waals surface area contributed by atoms with Gasteiger partial charge in [-0.1, -0.05) is 6.07 Å². The maximum atomic E-state index is 11.0. The highest BCUT2D eigenvalue weighted by molar-refractivity contribution is 7.21. The maximum absolute atomic E-state index is 11.0. The lowest BCUT2D eigenvalue weighted by Gasteiger charge is -2.15. The van der Waals surface area contributed by atoms with Gasteiger partial charge in [0.05, 0.1) is 5.39 Å². The molecule has 0 radical (unpaired) electrons. The first-order valence-corrected chi connectivity index (χ1v) is 5.13. The van der Waals surface area contributed by atoms with E-state index in [0.29, 0.717) is 11.5 Å². The van der Waals surface area contributed by atoms with E-state index in [9.17, 15) is 4.79 Å². The molecule has 1 aliphatic heterocycles. The van der Waals surface area contributed by atoms with Gasteiger partial charge in [0.15, 0.2) is 10.6 Å². The van der Waals surface area contributed by atoms with Crippen LogP contribution in [0.2, 0.25) is 0 Å². The van der Waals surface area contributed by atoms with Crippen molar-refractivity contribution in [2.45, 2.75) is 0 Å². The molecule has 0 aliphatic carbocycles. The van der Waals surface area contributed by atoms with Gasteiger partial charge in [0, 0.05) is 4.70 Å². The molecule has 0 atom stereocenters. The molecule has 2 heterocycles. The standard InChI is InChI=1S/C10H6O4S/c11-10(12)9-8-7-5(13-4-14-8)2-1-3-6(7)15-9/h1-3H,4H2,(H,11,12). The Morgan fingerprint density at radius 2 is 2.27 bits per heavy atom. The molecule has 1 aromatic carbocycles. The predicted octanol–water partition coefficient (Wildman–Crippen LogP) is 2.33. The molecule has 1 N–H and O–H groups in total. The third kappa shape index (κ3) is 1.10. The minimum Gasteiger partial charge on any atom is -0.477 e. The molecule has 0 amide bonds. The van der Waals surface area contributed by atoms with E-state index in [0.717, 1.165) is 10.1 Å². The smallest absolute Gasteiger partial charge is 0.349 e. The number of ether oxygens (including phenoxy) is 2. The van der Waals surface area contributed by atoms with Crippen LogP contribution in [0, 0.1) is 0 Å². The van der Waals surface area contributed by atoms with Crippen LogP contribution < -0.4 is 9.47 Å². The summed E-state index contributed by atoms with van der Waals surface area (Å²) in [5.41, 5.74) is 0.